The Balaban J connectivity index is 2.79. The average Bonchev–Trinajstić information content (AvgIpc) is 2.68. The summed E-state index contributed by atoms with van der Waals surface area (Å²) in [6.45, 7) is 2.23. The largest absolute Gasteiger partial charge is 0.479 e. The number of nitrogens with zero attached hydrogens (tertiary/aromatic N) is 1. The van der Waals surface area contributed by atoms with Crippen LogP contribution in [0.5, 0.6) is 0 Å². The summed E-state index contributed by atoms with van der Waals surface area (Å²) in [5.74, 6) is -0.651. The van der Waals surface area contributed by atoms with Gasteiger partial charge in [0.2, 0.25) is 4.38 Å². The molecule has 0 bridgehead atoms. The van der Waals surface area contributed by atoms with Crippen LogP contribution < -0.4 is 5.32 Å². The lowest BCUT2D eigenvalue weighted by molar-refractivity contribution is -0.143. The van der Waals surface area contributed by atoms with Crippen LogP contribution in [0.25, 0.3) is 0 Å². The van der Waals surface area contributed by atoms with Gasteiger partial charge in [-0.05, 0) is 31.1 Å². The van der Waals surface area contributed by atoms with Crippen LogP contribution in [-0.2, 0) is 25.6 Å². The molecule has 27 heavy (non-hydrogen) atoms. The van der Waals surface area contributed by atoms with Crippen molar-refractivity contribution < 1.29 is 23.8 Å². The second-order valence-electron chi connectivity index (χ2n) is 5.24. The highest BCUT2D eigenvalue weighted by Gasteiger charge is 2.33. The van der Waals surface area contributed by atoms with Crippen molar-refractivity contribution in [3.63, 3.8) is 0 Å². The van der Waals surface area contributed by atoms with Crippen molar-refractivity contribution in [3.8, 4) is 6.07 Å². The van der Waals surface area contributed by atoms with Gasteiger partial charge in [0.15, 0.2) is 0 Å². The number of benzene rings is 1. The molecule has 146 valence electrons. The van der Waals surface area contributed by atoms with Gasteiger partial charge in [-0.1, -0.05) is 42.1 Å². The van der Waals surface area contributed by atoms with Gasteiger partial charge in [0, 0.05) is 11.7 Å². The second kappa shape index (κ2) is 12.9. The normalized spacial score (nSPS) is 12.2. The Morgan fingerprint density at radius 3 is 2.59 bits per heavy atom. The standard InChI is InChI=1S/C18H22N2O5S2/c1-3-24-18(26)27-14(10-7-11-19)15(16(21)23-2)20-17(22)25-12-13-8-5-4-6-9-13/h4-6,8-9,14-15H,3,7,10,12H2,1-2H3,(H,20,22)/t14?,15-/m1/s1. The van der Waals surface area contributed by atoms with E-state index < -0.39 is 23.4 Å². The molecule has 0 heterocycles. The molecule has 0 aliphatic carbocycles. The van der Waals surface area contributed by atoms with Gasteiger partial charge in [-0.2, -0.15) is 5.26 Å². The van der Waals surface area contributed by atoms with E-state index in [1.165, 1.54) is 7.11 Å². The Morgan fingerprint density at radius 2 is 2.00 bits per heavy atom. The summed E-state index contributed by atoms with van der Waals surface area (Å²) < 4.78 is 15.4. The van der Waals surface area contributed by atoms with Gasteiger partial charge in [0.05, 0.1) is 19.8 Å². The zero-order valence-corrected chi connectivity index (χ0v) is 16.8. The minimum Gasteiger partial charge on any atom is -0.479 e. The first-order valence-electron chi connectivity index (χ1n) is 8.27. The lowest BCUT2D eigenvalue weighted by Crippen LogP contribution is -2.48. The molecule has 2 atom stereocenters. The maximum atomic E-state index is 12.2. The van der Waals surface area contributed by atoms with E-state index >= 15 is 0 Å². The number of hydrogen-bond acceptors (Lipinski definition) is 8. The molecular formula is C18H22N2O5S2. The zero-order valence-electron chi connectivity index (χ0n) is 15.2. The monoisotopic (exact) mass is 410 g/mol. The van der Waals surface area contributed by atoms with Crippen LogP contribution in [0.4, 0.5) is 4.79 Å². The number of amides is 1. The fraction of sp³-hybridized carbons (Fsp3) is 0.444. The highest BCUT2D eigenvalue weighted by molar-refractivity contribution is 8.23. The van der Waals surface area contributed by atoms with Gasteiger partial charge in [-0.15, -0.1) is 0 Å². The first kappa shape index (κ1) is 22.7. The summed E-state index contributed by atoms with van der Waals surface area (Å²) >= 11 is 6.22. The number of ether oxygens (including phenoxy) is 3. The van der Waals surface area contributed by atoms with Crippen LogP contribution >= 0.6 is 24.0 Å². The highest BCUT2D eigenvalue weighted by atomic mass is 32.2. The predicted molar refractivity (Wildman–Crippen MR) is 106 cm³/mol. The van der Waals surface area contributed by atoms with Gasteiger partial charge in [0.25, 0.3) is 0 Å². The number of methoxy groups -OCH3 is 1. The van der Waals surface area contributed by atoms with Gasteiger partial charge in [-0.3, -0.25) is 0 Å². The van der Waals surface area contributed by atoms with Crippen LogP contribution in [0.3, 0.4) is 0 Å². The minimum atomic E-state index is -1.03. The van der Waals surface area contributed by atoms with E-state index in [0.29, 0.717) is 13.0 Å². The van der Waals surface area contributed by atoms with Crippen LogP contribution in [0.1, 0.15) is 25.3 Å². The maximum absolute atomic E-state index is 12.2. The third-order valence-electron chi connectivity index (χ3n) is 3.36. The number of nitriles is 1. The predicted octanol–water partition coefficient (Wildman–Crippen LogP) is 3.18. The van der Waals surface area contributed by atoms with Crippen molar-refractivity contribution in [2.75, 3.05) is 13.7 Å². The molecule has 9 heteroatoms. The van der Waals surface area contributed by atoms with Crippen LogP contribution in [0.2, 0.25) is 0 Å². The molecule has 0 saturated heterocycles. The highest BCUT2D eigenvalue weighted by Crippen LogP contribution is 2.23. The van der Waals surface area contributed by atoms with E-state index in [-0.39, 0.29) is 17.4 Å². The first-order valence-corrected chi connectivity index (χ1v) is 9.56. The molecular weight excluding hydrogens is 388 g/mol. The Morgan fingerprint density at radius 1 is 1.30 bits per heavy atom. The molecule has 0 saturated carbocycles. The van der Waals surface area contributed by atoms with Gasteiger partial charge in [0.1, 0.15) is 12.6 Å². The molecule has 0 aliphatic heterocycles. The minimum absolute atomic E-state index is 0.0634. The number of nitrogens with one attached hydrogen (secondary N) is 1. The smallest absolute Gasteiger partial charge is 0.408 e. The molecule has 1 unspecified atom stereocenters. The third-order valence-corrected chi connectivity index (χ3v) is 4.89. The SMILES string of the molecule is CCOC(=S)SC(CCC#N)[C@@H](NC(=O)OCc1ccccc1)C(=O)OC. The fourth-order valence-corrected chi connectivity index (χ4v) is 3.57. The van der Waals surface area contributed by atoms with E-state index in [9.17, 15) is 9.59 Å². The maximum Gasteiger partial charge on any atom is 0.408 e. The molecule has 7 nitrogen and oxygen atoms in total. The quantitative estimate of drug-likeness (QED) is 0.490. The van der Waals surface area contributed by atoms with E-state index in [1.807, 2.05) is 36.4 Å². The molecule has 1 rings (SSSR count). The molecule has 1 amide bonds. The molecule has 0 aromatic heterocycles. The first-order chi connectivity index (χ1) is 13.0. The summed E-state index contributed by atoms with van der Waals surface area (Å²) in [5, 5.41) is 10.9. The number of carbonyl (C=O) groups is 2. The number of rotatable bonds is 9. The van der Waals surface area contributed by atoms with Crippen molar-refractivity contribution in [3.05, 3.63) is 35.9 Å². The van der Waals surface area contributed by atoms with Crippen molar-refractivity contribution in [2.45, 2.75) is 37.7 Å². The van der Waals surface area contributed by atoms with Gasteiger partial charge in [-0.25, -0.2) is 9.59 Å². The van der Waals surface area contributed by atoms with E-state index in [2.05, 4.69) is 5.32 Å². The average molecular weight is 411 g/mol. The molecule has 0 radical (unpaired) electrons. The van der Waals surface area contributed by atoms with Crippen LogP contribution in [0.15, 0.2) is 30.3 Å². The van der Waals surface area contributed by atoms with Gasteiger partial charge >= 0.3 is 12.1 Å². The molecule has 0 spiro atoms. The fourth-order valence-electron chi connectivity index (χ4n) is 2.10. The zero-order chi connectivity index (χ0) is 20.1. The Labute approximate surface area is 168 Å². The van der Waals surface area contributed by atoms with Crippen LogP contribution in [-0.4, -0.2) is 41.5 Å². The summed E-state index contributed by atoms with van der Waals surface area (Å²) in [5.41, 5.74) is 0.815. The lowest BCUT2D eigenvalue weighted by atomic mass is 10.1. The van der Waals surface area contributed by atoms with Crippen LogP contribution in [0, 0.1) is 11.3 Å². The van der Waals surface area contributed by atoms with Crippen molar-refractivity contribution in [1.29, 1.82) is 5.26 Å². The van der Waals surface area contributed by atoms with Crippen molar-refractivity contribution in [1.82, 2.24) is 5.32 Å². The number of hydrogen-bond donors (Lipinski definition) is 1. The third kappa shape index (κ3) is 8.75. The summed E-state index contributed by atoms with van der Waals surface area (Å²) in [4.78, 5) is 24.4. The number of thiocarbonyl (C=S) groups is 1. The number of alkyl carbamates (subject to hydrolysis) is 1. The molecule has 1 aromatic rings. The summed E-state index contributed by atoms with van der Waals surface area (Å²) in [6.07, 6.45) is -0.271. The summed E-state index contributed by atoms with van der Waals surface area (Å²) in [6, 6.07) is 10.1. The van der Waals surface area contributed by atoms with E-state index in [4.69, 9.17) is 31.7 Å². The number of esters is 1. The Hall–Kier alpha value is -2.31. The number of thioether (sulfide) groups is 1. The topological polar surface area (TPSA) is 97.6 Å². The Kier molecular flexibility index (Phi) is 10.9. The molecule has 0 fully saturated rings. The summed E-state index contributed by atoms with van der Waals surface area (Å²) in [7, 11) is 1.22. The van der Waals surface area contributed by atoms with E-state index in [1.54, 1.807) is 6.92 Å². The van der Waals surface area contributed by atoms with Crippen molar-refractivity contribution >= 4 is 40.4 Å². The lowest BCUT2D eigenvalue weighted by Gasteiger charge is -2.24. The molecule has 1 aromatic carbocycles. The van der Waals surface area contributed by atoms with Gasteiger partial charge < -0.3 is 19.5 Å². The molecule has 0 aliphatic rings. The Bertz CT molecular complexity index is 663. The second-order valence-corrected chi connectivity index (χ2v) is 7.08. The number of carbonyl (C=O) groups excluding carboxylic acids is 2. The molecule has 1 N–H and O–H groups in total. The van der Waals surface area contributed by atoms with Crippen molar-refractivity contribution in [2.24, 2.45) is 0 Å². The van der Waals surface area contributed by atoms with E-state index in [0.717, 1.165) is 17.3 Å².